The second-order valence-corrected chi connectivity index (χ2v) is 6.76. The van der Waals surface area contributed by atoms with Crippen LogP contribution in [0.1, 0.15) is 30.3 Å². The van der Waals surface area contributed by atoms with Crippen LogP contribution in [0.25, 0.3) is 0 Å². The minimum Gasteiger partial charge on any atom is -0.468 e. The molecule has 0 aromatic carbocycles. The van der Waals surface area contributed by atoms with Gasteiger partial charge in [0.15, 0.2) is 0 Å². The number of aromatic nitrogens is 2. The van der Waals surface area contributed by atoms with Crippen molar-refractivity contribution in [3.63, 3.8) is 0 Å². The molecule has 0 unspecified atom stereocenters. The average molecular weight is 310 g/mol. The highest BCUT2D eigenvalue weighted by Crippen LogP contribution is 2.33. The van der Waals surface area contributed by atoms with Gasteiger partial charge < -0.3 is 4.42 Å². The van der Waals surface area contributed by atoms with Crippen LogP contribution in [0.2, 0.25) is 0 Å². The smallest absolute Gasteiger partial charge is 0.280 e. The van der Waals surface area contributed by atoms with E-state index >= 15 is 0 Å². The van der Waals surface area contributed by atoms with Crippen molar-refractivity contribution >= 4 is 10.2 Å². The summed E-state index contributed by atoms with van der Waals surface area (Å²) in [7, 11) is -1.76. The zero-order valence-corrected chi connectivity index (χ0v) is 12.6. The third kappa shape index (κ3) is 2.87. The van der Waals surface area contributed by atoms with Gasteiger partial charge in [0.2, 0.25) is 0 Å². The molecule has 1 fully saturated rings. The highest BCUT2D eigenvalue weighted by Gasteiger charge is 2.36. The first-order valence-electron chi connectivity index (χ1n) is 6.84. The molecular formula is C13H18N4O3S. The predicted molar refractivity (Wildman–Crippen MR) is 76.4 cm³/mol. The maximum atomic E-state index is 12.5. The summed E-state index contributed by atoms with van der Waals surface area (Å²) in [5.74, 6) is 0.693. The van der Waals surface area contributed by atoms with Crippen molar-refractivity contribution in [1.29, 1.82) is 0 Å². The van der Waals surface area contributed by atoms with Crippen molar-refractivity contribution in [2.75, 3.05) is 6.54 Å². The zero-order chi connectivity index (χ0) is 14.9. The van der Waals surface area contributed by atoms with Gasteiger partial charge >= 0.3 is 0 Å². The van der Waals surface area contributed by atoms with Crippen molar-refractivity contribution in [3.8, 4) is 0 Å². The summed E-state index contributed by atoms with van der Waals surface area (Å²) in [6.45, 7) is 0.728. The van der Waals surface area contributed by atoms with Crippen molar-refractivity contribution in [1.82, 2.24) is 18.8 Å². The van der Waals surface area contributed by atoms with Crippen LogP contribution in [0.3, 0.4) is 0 Å². The Hall–Kier alpha value is -1.64. The van der Waals surface area contributed by atoms with E-state index in [9.17, 15) is 8.42 Å². The Kier molecular flexibility index (Phi) is 3.83. The lowest BCUT2D eigenvalue weighted by Gasteiger charge is -2.22. The molecule has 1 aliphatic heterocycles. The van der Waals surface area contributed by atoms with Gasteiger partial charge in [-0.1, -0.05) is 0 Å². The number of nitrogens with zero attached hydrogens (tertiary/aromatic N) is 3. The molecule has 0 amide bonds. The second kappa shape index (κ2) is 5.63. The van der Waals surface area contributed by atoms with Crippen LogP contribution >= 0.6 is 0 Å². The van der Waals surface area contributed by atoms with E-state index in [1.807, 2.05) is 6.07 Å². The number of rotatable bonds is 5. The van der Waals surface area contributed by atoms with Gasteiger partial charge in [0.25, 0.3) is 10.2 Å². The number of hydrogen-bond donors (Lipinski definition) is 1. The largest absolute Gasteiger partial charge is 0.468 e. The van der Waals surface area contributed by atoms with E-state index in [4.69, 9.17) is 4.42 Å². The summed E-state index contributed by atoms with van der Waals surface area (Å²) in [6, 6.07) is 5.17. The topological polar surface area (TPSA) is 80.4 Å². The molecule has 0 radical (unpaired) electrons. The molecule has 3 heterocycles. The fraction of sp³-hybridized carbons (Fsp3) is 0.462. The van der Waals surface area contributed by atoms with Gasteiger partial charge in [0.05, 0.1) is 24.5 Å². The van der Waals surface area contributed by atoms with Crippen LogP contribution in [-0.2, 0) is 23.8 Å². The standard InChI is InChI=1S/C13H18N4O3S/c1-16-11(6-7-14-16)10-15-21(18,19)17-8-2-4-12(17)13-5-3-9-20-13/h3,5-7,9,12,15H,2,4,8,10H2,1H3/t12-/m0/s1. The van der Waals surface area contributed by atoms with Crippen LogP contribution in [0.4, 0.5) is 0 Å². The molecule has 1 aliphatic rings. The Labute approximate surface area is 123 Å². The Morgan fingerprint density at radius 3 is 3.00 bits per heavy atom. The second-order valence-electron chi connectivity index (χ2n) is 5.06. The van der Waals surface area contributed by atoms with Gasteiger partial charge in [-0.25, -0.2) is 0 Å². The maximum absolute atomic E-state index is 12.5. The van der Waals surface area contributed by atoms with E-state index in [0.717, 1.165) is 18.5 Å². The van der Waals surface area contributed by atoms with Gasteiger partial charge in [-0.15, -0.1) is 0 Å². The molecule has 3 rings (SSSR count). The van der Waals surface area contributed by atoms with Crippen molar-refractivity contribution in [3.05, 3.63) is 42.1 Å². The molecule has 0 bridgehead atoms. The molecule has 1 N–H and O–H groups in total. The van der Waals surface area contributed by atoms with Gasteiger partial charge in [0.1, 0.15) is 5.76 Å². The summed E-state index contributed by atoms with van der Waals surface area (Å²) in [4.78, 5) is 0. The molecule has 21 heavy (non-hydrogen) atoms. The molecular weight excluding hydrogens is 292 g/mol. The number of hydrogen-bond acceptors (Lipinski definition) is 4. The van der Waals surface area contributed by atoms with E-state index in [2.05, 4.69) is 9.82 Å². The summed E-state index contributed by atoms with van der Waals surface area (Å²) in [5.41, 5.74) is 0.812. The molecule has 0 aliphatic carbocycles. The molecule has 2 aromatic heterocycles. The lowest BCUT2D eigenvalue weighted by atomic mass is 10.2. The third-order valence-corrected chi connectivity index (χ3v) is 5.31. The molecule has 8 heteroatoms. The first kappa shape index (κ1) is 14.3. The molecule has 0 saturated carbocycles. The maximum Gasteiger partial charge on any atom is 0.280 e. The SMILES string of the molecule is Cn1nccc1CNS(=O)(=O)N1CCC[C@H]1c1ccco1. The summed E-state index contributed by atoms with van der Waals surface area (Å²) in [5, 5.41) is 4.02. The minimum absolute atomic E-state index is 0.218. The van der Waals surface area contributed by atoms with Gasteiger partial charge in [0, 0.05) is 19.8 Å². The Bertz CT molecular complexity index is 693. The van der Waals surface area contributed by atoms with Gasteiger partial charge in [-0.3, -0.25) is 4.68 Å². The molecule has 1 saturated heterocycles. The number of aryl methyl sites for hydroxylation is 1. The zero-order valence-electron chi connectivity index (χ0n) is 11.8. The highest BCUT2D eigenvalue weighted by molar-refractivity contribution is 7.87. The van der Waals surface area contributed by atoms with Gasteiger partial charge in [-0.05, 0) is 31.0 Å². The number of furan rings is 1. The first-order valence-corrected chi connectivity index (χ1v) is 8.28. The summed E-state index contributed by atoms with van der Waals surface area (Å²) >= 11 is 0. The monoisotopic (exact) mass is 310 g/mol. The predicted octanol–water partition coefficient (Wildman–Crippen LogP) is 1.18. The summed E-state index contributed by atoms with van der Waals surface area (Å²) < 4.78 is 36.1. The summed E-state index contributed by atoms with van der Waals surface area (Å²) in [6.07, 6.45) is 4.82. The minimum atomic E-state index is -3.55. The molecule has 0 spiro atoms. The van der Waals surface area contributed by atoms with Crippen LogP contribution in [-0.4, -0.2) is 29.0 Å². The van der Waals surface area contributed by atoms with E-state index in [-0.39, 0.29) is 12.6 Å². The quantitative estimate of drug-likeness (QED) is 0.899. The van der Waals surface area contributed by atoms with Crippen LogP contribution in [0.15, 0.2) is 35.1 Å². The van der Waals surface area contributed by atoms with E-state index < -0.39 is 10.2 Å². The third-order valence-electron chi connectivity index (χ3n) is 3.74. The fourth-order valence-corrected chi connectivity index (χ4v) is 4.03. The lowest BCUT2D eigenvalue weighted by Crippen LogP contribution is -2.40. The van der Waals surface area contributed by atoms with E-state index in [1.54, 1.807) is 36.3 Å². The van der Waals surface area contributed by atoms with Crippen LogP contribution in [0, 0.1) is 0 Å². The van der Waals surface area contributed by atoms with Crippen molar-refractivity contribution in [2.24, 2.45) is 7.05 Å². The first-order chi connectivity index (χ1) is 10.1. The Morgan fingerprint density at radius 2 is 2.33 bits per heavy atom. The van der Waals surface area contributed by atoms with E-state index in [0.29, 0.717) is 12.3 Å². The fourth-order valence-electron chi connectivity index (χ4n) is 2.62. The van der Waals surface area contributed by atoms with Gasteiger partial charge in [-0.2, -0.15) is 22.5 Å². The van der Waals surface area contributed by atoms with Crippen molar-refractivity contribution < 1.29 is 12.8 Å². The van der Waals surface area contributed by atoms with E-state index in [1.165, 1.54) is 4.31 Å². The Balaban J connectivity index is 1.73. The van der Waals surface area contributed by atoms with Crippen LogP contribution < -0.4 is 4.72 Å². The van der Waals surface area contributed by atoms with Crippen molar-refractivity contribution in [2.45, 2.75) is 25.4 Å². The highest BCUT2D eigenvalue weighted by atomic mass is 32.2. The molecule has 7 nitrogen and oxygen atoms in total. The molecule has 1 atom stereocenters. The van der Waals surface area contributed by atoms with Crippen LogP contribution in [0.5, 0.6) is 0 Å². The number of nitrogens with one attached hydrogen (secondary N) is 1. The lowest BCUT2D eigenvalue weighted by molar-refractivity contribution is 0.335. The molecule has 114 valence electrons. The normalized spacial score (nSPS) is 20.1. The Morgan fingerprint density at radius 1 is 1.48 bits per heavy atom. The average Bonchev–Trinajstić information content (AvgIpc) is 3.18. The molecule has 2 aromatic rings.